The van der Waals surface area contributed by atoms with Gasteiger partial charge in [0, 0.05) is 15.5 Å². The average Bonchev–Trinajstić information content (AvgIpc) is 3.06. The summed E-state index contributed by atoms with van der Waals surface area (Å²) in [5.74, 6) is 0.919. The molecule has 1 atom stereocenters. The van der Waals surface area contributed by atoms with E-state index >= 15 is 0 Å². The third-order valence-corrected chi connectivity index (χ3v) is 3.87. The molecule has 0 bridgehead atoms. The number of nitrogens with one attached hydrogen (secondary N) is 1. The number of rotatable bonds is 6. The Labute approximate surface area is 117 Å². The molecule has 0 radical (unpaired) electrons. The van der Waals surface area contributed by atoms with Gasteiger partial charge in [-0.05, 0) is 49.1 Å². The monoisotopic (exact) mass is 315 g/mol. The van der Waals surface area contributed by atoms with E-state index in [1.165, 1.54) is 31.2 Å². The van der Waals surface area contributed by atoms with Crippen molar-refractivity contribution in [3.8, 4) is 0 Å². The minimum atomic E-state index is 0.456. The highest BCUT2D eigenvalue weighted by Crippen LogP contribution is 2.38. The zero-order chi connectivity index (χ0) is 12.3. The van der Waals surface area contributed by atoms with Gasteiger partial charge in [-0.15, -0.1) is 0 Å². The van der Waals surface area contributed by atoms with Gasteiger partial charge in [0.25, 0.3) is 0 Å². The second-order valence-corrected chi connectivity index (χ2v) is 6.24. The second kappa shape index (κ2) is 6.21. The second-order valence-electron chi connectivity index (χ2n) is 4.89. The molecule has 0 spiro atoms. The van der Waals surface area contributed by atoms with Crippen LogP contribution in [0.25, 0.3) is 0 Å². The molecule has 1 aliphatic rings. The van der Waals surface area contributed by atoms with E-state index in [-0.39, 0.29) is 0 Å². The fourth-order valence-corrected chi connectivity index (χ4v) is 3.01. The highest BCUT2D eigenvalue weighted by Gasteiger charge is 2.26. The summed E-state index contributed by atoms with van der Waals surface area (Å²) < 4.78 is 1.07. The molecule has 2 rings (SSSR count). The lowest BCUT2D eigenvalue weighted by Crippen LogP contribution is -2.22. The zero-order valence-electron chi connectivity index (χ0n) is 10.2. The molecule has 0 amide bonds. The molecule has 0 aliphatic heterocycles. The summed E-state index contributed by atoms with van der Waals surface area (Å²) in [6.45, 7) is 3.27. The van der Waals surface area contributed by atoms with Gasteiger partial charge in [-0.1, -0.05) is 47.3 Å². The molecule has 1 aromatic carbocycles. The van der Waals surface area contributed by atoms with Crippen molar-refractivity contribution in [3.63, 3.8) is 0 Å². The van der Waals surface area contributed by atoms with E-state index in [0.717, 1.165) is 22.0 Å². The molecule has 1 saturated carbocycles. The highest BCUT2D eigenvalue weighted by molar-refractivity contribution is 9.10. The number of hydrogen-bond donors (Lipinski definition) is 1. The Kier molecular flexibility index (Phi) is 4.89. The smallest absolute Gasteiger partial charge is 0.0420 e. The SMILES string of the molecule is CCCNC(CC1CC1)c1cc(Cl)cc(Br)c1. The third kappa shape index (κ3) is 4.27. The van der Waals surface area contributed by atoms with Crippen LogP contribution >= 0.6 is 27.5 Å². The first-order chi connectivity index (χ1) is 8.19. The third-order valence-electron chi connectivity index (χ3n) is 3.19. The first kappa shape index (κ1) is 13.4. The molecule has 3 heteroatoms. The standard InChI is InChI=1S/C14H19BrClN/c1-2-5-17-14(6-10-3-4-10)11-7-12(15)9-13(16)8-11/h7-10,14,17H,2-6H2,1H3. The van der Waals surface area contributed by atoms with Crippen LogP contribution in [0.15, 0.2) is 22.7 Å². The fraction of sp³-hybridized carbons (Fsp3) is 0.571. The van der Waals surface area contributed by atoms with E-state index in [0.29, 0.717) is 6.04 Å². The number of benzene rings is 1. The van der Waals surface area contributed by atoms with Crippen LogP contribution in [0, 0.1) is 5.92 Å². The van der Waals surface area contributed by atoms with Crippen LogP contribution in [0.2, 0.25) is 5.02 Å². The van der Waals surface area contributed by atoms with Gasteiger partial charge >= 0.3 is 0 Å². The first-order valence-corrected chi connectivity index (χ1v) is 7.55. The minimum absolute atomic E-state index is 0.456. The summed E-state index contributed by atoms with van der Waals surface area (Å²) in [5, 5.41) is 4.45. The van der Waals surface area contributed by atoms with Gasteiger partial charge in [-0.3, -0.25) is 0 Å². The van der Waals surface area contributed by atoms with Gasteiger partial charge in [0.05, 0.1) is 0 Å². The summed E-state index contributed by atoms with van der Waals surface area (Å²) in [6.07, 6.45) is 5.20. The molecule has 0 saturated heterocycles. The molecule has 17 heavy (non-hydrogen) atoms. The van der Waals surface area contributed by atoms with Crippen molar-refractivity contribution < 1.29 is 0 Å². The molecule has 0 heterocycles. The molecule has 1 unspecified atom stereocenters. The highest BCUT2D eigenvalue weighted by atomic mass is 79.9. The Bertz CT molecular complexity index is 356. The van der Waals surface area contributed by atoms with Crippen molar-refractivity contribution in [3.05, 3.63) is 33.3 Å². The van der Waals surface area contributed by atoms with E-state index in [1.54, 1.807) is 0 Å². The van der Waals surface area contributed by atoms with Crippen LogP contribution < -0.4 is 5.32 Å². The van der Waals surface area contributed by atoms with Crippen molar-refractivity contribution in [1.29, 1.82) is 0 Å². The van der Waals surface area contributed by atoms with E-state index in [2.05, 4.69) is 40.3 Å². The topological polar surface area (TPSA) is 12.0 Å². The molecule has 1 aliphatic carbocycles. The normalized spacial score (nSPS) is 17.1. The van der Waals surface area contributed by atoms with Crippen LogP contribution in [-0.2, 0) is 0 Å². The Morgan fingerprint density at radius 1 is 1.41 bits per heavy atom. The maximum absolute atomic E-state index is 6.12. The van der Waals surface area contributed by atoms with Gasteiger partial charge in [0.2, 0.25) is 0 Å². The van der Waals surface area contributed by atoms with Crippen LogP contribution in [0.4, 0.5) is 0 Å². The number of hydrogen-bond acceptors (Lipinski definition) is 1. The average molecular weight is 317 g/mol. The lowest BCUT2D eigenvalue weighted by Gasteiger charge is -2.19. The van der Waals surface area contributed by atoms with Gasteiger partial charge in [0.1, 0.15) is 0 Å². The molecule has 1 aromatic rings. The summed E-state index contributed by atoms with van der Waals surface area (Å²) >= 11 is 9.64. The van der Waals surface area contributed by atoms with Crippen LogP contribution in [0.3, 0.4) is 0 Å². The summed E-state index contributed by atoms with van der Waals surface area (Å²) in [4.78, 5) is 0. The van der Waals surface area contributed by atoms with Crippen LogP contribution in [0.5, 0.6) is 0 Å². The van der Waals surface area contributed by atoms with Gasteiger partial charge < -0.3 is 5.32 Å². The lowest BCUT2D eigenvalue weighted by atomic mass is 10.0. The summed E-state index contributed by atoms with van der Waals surface area (Å²) in [7, 11) is 0. The van der Waals surface area contributed by atoms with Crippen molar-refractivity contribution >= 4 is 27.5 Å². The van der Waals surface area contributed by atoms with Crippen molar-refractivity contribution in [1.82, 2.24) is 5.32 Å². The minimum Gasteiger partial charge on any atom is -0.310 e. The van der Waals surface area contributed by atoms with E-state index in [1.807, 2.05) is 6.07 Å². The van der Waals surface area contributed by atoms with E-state index < -0.39 is 0 Å². The summed E-state index contributed by atoms with van der Waals surface area (Å²) in [6, 6.07) is 6.67. The van der Waals surface area contributed by atoms with Crippen LogP contribution in [0.1, 0.15) is 44.2 Å². The fourth-order valence-electron chi connectivity index (χ4n) is 2.12. The van der Waals surface area contributed by atoms with Gasteiger partial charge in [-0.2, -0.15) is 0 Å². The number of halogens is 2. The molecule has 0 aromatic heterocycles. The largest absolute Gasteiger partial charge is 0.310 e. The van der Waals surface area contributed by atoms with Gasteiger partial charge in [0.15, 0.2) is 0 Å². The Morgan fingerprint density at radius 3 is 2.76 bits per heavy atom. The lowest BCUT2D eigenvalue weighted by molar-refractivity contribution is 0.474. The predicted molar refractivity (Wildman–Crippen MR) is 77.5 cm³/mol. The van der Waals surface area contributed by atoms with Crippen molar-refractivity contribution in [2.45, 2.75) is 38.6 Å². The predicted octanol–water partition coefficient (Wildman–Crippen LogP) is 4.94. The van der Waals surface area contributed by atoms with Crippen LogP contribution in [-0.4, -0.2) is 6.54 Å². The zero-order valence-corrected chi connectivity index (χ0v) is 12.5. The summed E-state index contributed by atoms with van der Waals surface area (Å²) in [5.41, 5.74) is 1.31. The molecular weight excluding hydrogens is 298 g/mol. The van der Waals surface area contributed by atoms with E-state index in [9.17, 15) is 0 Å². The maximum atomic E-state index is 6.12. The molecule has 1 fully saturated rings. The van der Waals surface area contributed by atoms with Gasteiger partial charge in [-0.25, -0.2) is 0 Å². The molecule has 1 nitrogen and oxygen atoms in total. The molecular formula is C14H19BrClN. The molecule has 94 valence electrons. The quantitative estimate of drug-likeness (QED) is 0.783. The maximum Gasteiger partial charge on any atom is 0.0420 e. The Balaban J connectivity index is 2.10. The molecule has 1 N–H and O–H groups in total. The van der Waals surface area contributed by atoms with Crippen molar-refractivity contribution in [2.75, 3.05) is 6.54 Å². The first-order valence-electron chi connectivity index (χ1n) is 6.38. The van der Waals surface area contributed by atoms with Crippen molar-refractivity contribution in [2.24, 2.45) is 5.92 Å². The Morgan fingerprint density at radius 2 is 2.18 bits per heavy atom. The van der Waals surface area contributed by atoms with E-state index in [4.69, 9.17) is 11.6 Å². The Hall–Kier alpha value is -0.0500.